The van der Waals surface area contributed by atoms with Crippen LogP contribution in [0.1, 0.15) is 49.9 Å². The van der Waals surface area contributed by atoms with Gasteiger partial charge in [0.1, 0.15) is 0 Å². The van der Waals surface area contributed by atoms with Gasteiger partial charge in [0.05, 0.1) is 0 Å². The first kappa shape index (κ1) is 14.9. The lowest BCUT2D eigenvalue weighted by molar-refractivity contribution is 0.488. The number of unbranched alkanes of at least 4 members (excludes halogenated alkanes) is 3. The second-order valence-corrected chi connectivity index (χ2v) is 5.97. The molecule has 1 unspecified atom stereocenters. The molecule has 0 amide bonds. The predicted molar refractivity (Wildman–Crippen MR) is 81.7 cm³/mol. The predicted octanol–water partition coefficient (Wildman–Crippen LogP) is 5.30. The van der Waals surface area contributed by atoms with E-state index >= 15 is 0 Å². The minimum absolute atomic E-state index is 0.512. The van der Waals surface area contributed by atoms with Crippen molar-refractivity contribution in [1.29, 1.82) is 0 Å². The van der Waals surface area contributed by atoms with Crippen LogP contribution < -0.4 is 5.32 Å². The van der Waals surface area contributed by atoms with Gasteiger partial charge in [0.15, 0.2) is 0 Å². The molecule has 0 saturated heterocycles. The summed E-state index contributed by atoms with van der Waals surface area (Å²) >= 11 is 5.47. The Balaban J connectivity index is 2.39. The highest BCUT2D eigenvalue weighted by molar-refractivity contribution is 9.10. The summed E-state index contributed by atoms with van der Waals surface area (Å²) < 4.78 is 1.25. The van der Waals surface area contributed by atoms with E-state index in [4.69, 9.17) is 0 Å². The van der Waals surface area contributed by atoms with Crippen LogP contribution in [0.3, 0.4) is 0 Å². The Hall–Kier alpha value is -0.120. The minimum Gasteiger partial charge on any atom is -0.309 e. The standard InChI is InChI=1S/C14H22BrNS/c1-3-5-6-7-8-9-13(16-4-2)14-12(15)10-11-17-14/h3,10-11,13,16H,1,4-9H2,2H3. The molecule has 96 valence electrons. The summed E-state index contributed by atoms with van der Waals surface area (Å²) in [4.78, 5) is 1.44. The van der Waals surface area contributed by atoms with Gasteiger partial charge in [-0.2, -0.15) is 0 Å². The Kier molecular flexibility index (Phi) is 7.82. The summed E-state index contributed by atoms with van der Waals surface area (Å²) in [5.41, 5.74) is 0. The fraction of sp³-hybridized carbons (Fsp3) is 0.571. The molecule has 1 atom stereocenters. The Morgan fingerprint density at radius 2 is 2.29 bits per heavy atom. The van der Waals surface area contributed by atoms with E-state index in [-0.39, 0.29) is 0 Å². The third-order valence-corrected chi connectivity index (χ3v) is 4.80. The molecular formula is C14H22BrNS. The molecule has 1 aromatic rings. The van der Waals surface area contributed by atoms with E-state index in [2.05, 4.69) is 46.2 Å². The topological polar surface area (TPSA) is 12.0 Å². The van der Waals surface area contributed by atoms with Gasteiger partial charge in [-0.05, 0) is 53.2 Å². The molecule has 0 aliphatic heterocycles. The molecule has 1 N–H and O–H groups in total. The lowest BCUT2D eigenvalue weighted by Gasteiger charge is -2.17. The van der Waals surface area contributed by atoms with Crippen LogP contribution in [0.15, 0.2) is 28.6 Å². The molecule has 1 aromatic heterocycles. The highest BCUT2D eigenvalue weighted by Gasteiger charge is 2.14. The smallest absolute Gasteiger partial charge is 0.0426 e. The summed E-state index contributed by atoms with van der Waals surface area (Å²) in [6.07, 6.45) is 8.25. The second-order valence-electron chi connectivity index (χ2n) is 4.17. The quantitative estimate of drug-likeness (QED) is 0.481. The molecule has 1 heterocycles. The van der Waals surface area contributed by atoms with Crippen molar-refractivity contribution in [2.24, 2.45) is 0 Å². The van der Waals surface area contributed by atoms with Crippen LogP contribution in [0.5, 0.6) is 0 Å². The Bertz CT molecular complexity index is 322. The summed E-state index contributed by atoms with van der Waals surface area (Å²) in [5.74, 6) is 0. The highest BCUT2D eigenvalue weighted by atomic mass is 79.9. The Morgan fingerprint density at radius 3 is 2.88 bits per heavy atom. The maximum absolute atomic E-state index is 3.76. The van der Waals surface area contributed by atoms with Gasteiger partial charge >= 0.3 is 0 Å². The number of hydrogen-bond acceptors (Lipinski definition) is 2. The number of halogens is 1. The average Bonchev–Trinajstić information content (AvgIpc) is 2.74. The molecule has 0 aliphatic carbocycles. The zero-order chi connectivity index (χ0) is 12.5. The number of thiophene rings is 1. The van der Waals surface area contributed by atoms with E-state index < -0.39 is 0 Å². The van der Waals surface area contributed by atoms with Gasteiger partial charge in [0.2, 0.25) is 0 Å². The van der Waals surface area contributed by atoms with E-state index in [9.17, 15) is 0 Å². The molecule has 17 heavy (non-hydrogen) atoms. The van der Waals surface area contributed by atoms with Gasteiger partial charge in [-0.3, -0.25) is 0 Å². The van der Waals surface area contributed by atoms with E-state index in [1.807, 2.05) is 17.4 Å². The first-order chi connectivity index (χ1) is 8.29. The van der Waals surface area contributed by atoms with Crippen molar-refractivity contribution in [3.63, 3.8) is 0 Å². The van der Waals surface area contributed by atoms with Gasteiger partial charge in [-0.1, -0.05) is 25.8 Å². The van der Waals surface area contributed by atoms with Crippen LogP contribution in [-0.4, -0.2) is 6.54 Å². The van der Waals surface area contributed by atoms with Crippen molar-refractivity contribution in [2.75, 3.05) is 6.54 Å². The summed E-state index contributed by atoms with van der Waals surface area (Å²) in [5, 5.41) is 5.73. The molecule has 3 heteroatoms. The molecule has 1 rings (SSSR count). The lowest BCUT2D eigenvalue weighted by Crippen LogP contribution is -2.20. The molecule has 0 bridgehead atoms. The van der Waals surface area contributed by atoms with Gasteiger partial charge in [0.25, 0.3) is 0 Å². The number of nitrogens with one attached hydrogen (secondary N) is 1. The second kappa shape index (κ2) is 8.90. The highest BCUT2D eigenvalue weighted by Crippen LogP contribution is 2.31. The first-order valence-electron chi connectivity index (χ1n) is 6.36. The largest absolute Gasteiger partial charge is 0.309 e. The van der Waals surface area contributed by atoms with E-state index in [1.165, 1.54) is 35.0 Å². The zero-order valence-corrected chi connectivity index (χ0v) is 12.9. The molecule has 0 saturated carbocycles. The van der Waals surface area contributed by atoms with Gasteiger partial charge in [-0.15, -0.1) is 17.9 Å². The van der Waals surface area contributed by atoms with Crippen molar-refractivity contribution < 1.29 is 0 Å². The molecule has 1 nitrogen and oxygen atoms in total. The van der Waals surface area contributed by atoms with Crippen LogP contribution in [0.2, 0.25) is 0 Å². The number of hydrogen-bond donors (Lipinski definition) is 1. The van der Waals surface area contributed by atoms with Crippen LogP contribution in [0.4, 0.5) is 0 Å². The molecule has 0 aromatic carbocycles. The van der Waals surface area contributed by atoms with Crippen LogP contribution in [-0.2, 0) is 0 Å². The van der Waals surface area contributed by atoms with Crippen LogP contribution in [0.25, 0.3) is 0 Å². The number of allylic oxidation sites excluding steroid dienone is 1. The third kappa shape index (κ3) is 5.36. The molecule has 0 spiro atoms. The zero-order valence-electron chi connectivity index (χ0n) is 10.5. The Labute approximate surface area is 117 Å². The summed E-state index contributed by atoms with van der Waals surface area (Å²) in [6.45, 7) is 6.96. The minimum atomic E-state index is 0.512. The third-order valence-electron chi connectivity index (χ3n) is 2.81. The normalized spacial score (nSPS) is 12.6. The maximum atomic E-state index is 3.76. The van der Waals surface area contributed by atoms with Crippen molar-refractivity contribution >= 4 is 27.3 Å². The molecular weight excluding hydrogens is 294 g/mol. The van der Waals surface area contributed by atoms with Crippen LogP contribution >= 0.6 is 27.3 Å². The molecule has 0 aliphatic rings. The van der Waals surface area contributed by atoms with Gasteiger partial charge in [0, 0.05) is 15.4 Å². The number of rotatable bonds is 9. The van der Waals surface area contributed by atoms with Crippen molar-refractivity contribution in [2.45, 2.75) is 45.1 Å². The van der Waals surface area contributed by atoms with Crippen molar-refractivity contribution in [3.8, 4) is 0 Å². The van der Waals surface area contributed by atoms with Crippen molar-refractivity contribution in [1.82, 2.24) is 5.32 Å². The Morgan fingerprint density at radius 1 is 1.47 bits per heavy atom. The van der Waals surface area contributed by atoms with Crippen LogP contribution in [0, 0.1) is 0 Å². The van der Waals surface area contributed by atoms with Gasteiger partial charge < -0.3 is 5.32 Å². The fourth-order valence-electron chi connectivity index (χ4n) is 1.94. The molecule has 0 fully saturated rings. The van der Waals surface area contributed by atoms with E-state index in [0.717, 1.165) is 13.0 Å². The van der Waals surface area contributed by atoms with E-state index in [0.29, 0.717) is 6.04 Å². The summed E-state index contributed by atoms with van der Waals surface area (Å²) in [7, 11) is 0. The first-order valence-corrected chi connectivity index (χ1v) is 8.04. The lowest BCUT2D eigenvalue weighted by atomic mass is 10.1. The average molecular weight is 316 g/mol. The van der Waals surface area contributed by atoms with Gasteiger partial charge in [-0.25, -0.2) is 0 Å². The monoisotopic (exact) mass is 315 g/mol. The van der Waals surface area contributed by atoms with Crippen molar-refractivity contribution in [3.05, 3.63) is 33.5 Å². The maximum Gasteiger partial charge on any atom is 0.0426 e. The SMILES string of the molecule is C=CCCCCCC(NCC)c1sccc1Br. The fourth-order valence-corrected chi connectivity index (χ4v) is 3.70. The summed E-state index contributed by atoms with van der Waals surface area (Å²) in [6, 6.07) is 2.65. The molecule has 0 radical (unpaired) electrons. The van der Waals surface area contributed by atoms with E-state index in [1.54, 1.807) is 0 Å².